The molecule has 0 spiro atoms. The quantitative estimate of drug-likeness (QED) is 0.347. The van der Waals surface area contributed by atoms with E-state index in [1.165, 1.54) is 0 Å². The Morgan fingerprint density at radius 1 is 0.652 bits per heavy atom. The number of aliphatic hydroxyl groups excluding tert-OH is 1. The zero-order chi connectivity index (χ0) is 17.3. The van der Waals surface area contributed by atoms with Gasteiger partial charge in [0.15, 0.2) is 0 Å². The van der Waals surface area contributed by atoms with Crippen molar-refractivity contribution in [3.8, 4) is 0 Å². The maximum Gasteiger partial charge on any atom is 0.306 e. The van der Waals surface area contributed by atoms with Crippen molar-refractivity contribution in [1.29, 1.82) is 0 Å². The van der Waals surface area contributed by atoms with Gasteiger partial charge in [-0.25, -0.2) is 0 Å². The van der Waals surface area contributed by atoms with Gasteiger partial charge in [-0.05, 0) is 25.7 Å². The Hall–Kier alpha value is -1.10. The molecule has 0 aromatic rings. The molecule has 1 atom stereocenters. The second-order valence-electron chi connectivity index (χ2n) is 6.37. The molecular weight excluding hydrogens is 296 g/mol. The van der Waals surface area contributed by atoms with Crippen LogP contribution >= 0.6 is 0 Å². The van der Waals surface area contributed by atoms with E-state index < -0.39 is 11.9 Å². The smallest absolute Gasteiger partial charge is 0.306 e. The van der Waals surface area contributed by atoms with E-state index in [0.717, 1.165) is 77.0 Å². The van der Waals surface area contributed by atoms with Crippen LogP contribution in [0.2, 0.25) is 0 Å². The topological polar surface area (TPSA) is 94.8 Å². The standard InChI is InChI=1S/C18H34O5/c19-15-11-7-2-1-4-8-12-16(18(22)23)13-9-5-3-6-10-14-17(20)21/h16,19H,1-15H2,(H,20,21)(H,22,23). The normalized spacial score (nSPS) is 12.2. The molecule has 0 amide bonds. The molecule has 5 heteroatoms. The summed E-state index contributed by atoms with van der Waals surface area (Å²) in [5.74, 6) is -1.66. The minimum absolute atomic E-state index is 0.230. The van der Waals surface area contributed by atoms with Crippen molar-refractivity contribution in [2.24, 2.45) is 5.92 Å². The molecule has 0 rings (SSSR count). The lowest BCUT2D eigenvalue weighted by molar-refractivity contribution is -0.142. The maximum atomic E-state index is 11.3. The number of aliphatic hydroxyl groups is 1. The van der Waals surface area contributed by atoms with Crippen LogP contribution in [-0.4, -0.2) is 33.9 Å². The van der Waals surface area contributed by atoms with Crippen molar-refractivity contribution in [1.82, 2.24) is 0 Å². The molecule has 136 valence electrons. The number of carboxylic acid groups (broad SMARTS) is 2. The van der Waals surface area contributed by atoms with Crippen LogP contribution in [0.1, 0.15) is 89.9 Å². The SMILES string of the molecule is O=C(O)CCCCCCCC(CCCCCCCCO)C(=O)O. The number of carboxylic acids is 2. The highest BCUT2D eigenvalue weighted by Crippen LogP contribution is 2.19. The Morgan fingerprint density at radius 3 is 1.52 bits per heavy atom. The Labute approximate surface area is 140 Å². The highest BCUT2D eigenvalue weighted by Gasteiger charge is 2.16. The number of hydrogen-bond acceptors (Lipinski definition) is 3. The van der Waals surface area contributed by atoms with Crippen LogP contribution in [0.25, 0.3) is 0 Å². The number of unbranched alkanes of at least 4 members (excludes halogenated alkanes) is 9. The molecule has 0 aromatic carbocycles. The summed E-state index contributed by atoms with van der Waals surface area (Å²) in [7, 11) is 0. The molecular formula is C18H34O5. The van der Waals surface area contributed by atoms with Gasteiger partial charge in [0.25, 0.3) is 0 Å². The van der Waals surface area contributed by atoms with Gasteiger partial charge in [-0.2, -0.15) is 0 Å². The molecule has 0 saturated heterocycles. The first-order valence-corrected chi connectivity index (χ1v) is 9.13. The molecule has 0 aromatic heterocycles. The first-order chi connectivity index (χ1) is 11.1. The van der Waals surface area contributed by atoms with Crippen LogP contribution < -0.4 is 0 Å². The highest BCUT2D eigenvalue weighted by molar-refractivity contribution is 5.69. The zero-order valence-corrected chi connectivity index (χ0v) is 14.3. The maximum absolute atomic E-state index is 11.3. The largest absolute Gasteiger partial charge is 0.481 e. The van der Waals surface area contributed by atoms with Gasteiger partial charge in [-0.3, -0.25) is 9.59 Å². The Balaban J connectivity index is 3.55. The predicted octanol–water partition coefficient (Wildman–Crippen LogP) is 4.23. The van der Waals surface area contributed by atoms with Crippen LogP contribution in [-0.2, 0) is 9.59 Å². The Morgan fingerprint density at radius 2 is 1.09 bits per heavy atom. The van der Waals surface area contributed by atoms with Gasteiger partial charge in [0.2, 0.25) is 0 Å². The van der Waals surface area contributed by atoms with Crippen LogP contribution in [0.5, 0.6) is 0 Å². The summed E-state index contributed by atoms with van der Waals surface area (Å²) in [5.41, 5.74) is 0. The summed E-state index contributed by atoms with van der Waals surface area (Å²) in [5, 5.41) is 26.5. The average Bonchev–Trinajstić information content (AvgIpc) is 2.50. The van der Waals surface area contributed by atoms with Crippen molar-refractivity contribution in [3.63, 3.8) is 0 Å². The number of rotatable bonds is 17. The van der Waals surface area contributed by atoms with Gasteiger partial charge in [0.1, 0.15) is 0 Å². The fourth-order valence-corrected chi connectivity index (χ4v) is 2.80. The lowest BCUT2D eigenvalue weighted by atomic mass is 9.94. The van der Waals surface area contributed by atoms with E-state index in [0.29, 0.717) is 6.42 Å². The molecule has 0 aliphatic rings. The third kappa shape index (κ3) is 15.6. The summed E-state index contributed by atoms with van der Waals surface area (Å²) in [6.45, 7) is 0.261. The van der Waals surface area contributed by atoms with E-state index in [2.05, 4.69) is 0 Å². The number of aliphatic carboxylic acids is 2. The third-order valence-electron chi connectivity index (χ3n) is 4.25. The summed E-state index contributed by atoms with van der Waals surface area (Å²) < 4.78 is 0. The molecule has 0 radical (unpaired) electrons. The van der Waals surface area contributed by atoms with Gasteiger partial charge >= 0.3 is 11.9 Å². The van der Waals surface area contributed by atoms with Crippen LogP contribution in [0.4, 0.5) is 0 Å². The fourth-order valence-electron chi connectivity index (χ4n) is 2.80. The molecule has 0 fully saturated rings. The minimum atomic E-state index is -0.743. The van der Waals surface area contributed by atoms with E-state index >= 15 is 0 Å². The first-order valence-electron chi connectivity index (χ1n) is 9.13. The fraction of sp³-hybridized carbons (Fsp3) is 0.889. The van der Waals surface area contributed by atoms with E-state index in [1.54, 1.807) is 0 Å². The molecule has 23 heavy (non-hydrogen) atoms. The Kier molecular flexibility index (Phi) is 15.0. The zero-order valence-electron chi connectivity index (χ0n) is 14.3. The molecule has 0 saturated carbocycles. The summed E-state index contributed by atoms with van der Waals surface area (Å²) in [6, 6.07) is 0. The number of hydrogen-bond donors (Lipinski definition) is 3. The molecule has 0 aliphatic heterocycles. The lowest BCUT2D eigenvalue weighted by Gasteiger charge is -2.12. The van der Waals surface area contributed by atoms with E-state index in [9.17, 15) is 14.7 Å². The minimum Gasteiger partial charge on any atom is -0.481 e. The second-order valence-corrected chi connectivity index (χ2v) is 6.37. The van der Waals surface area contributed by atoms with Crippen LogP contribution in [0.15, 0.2) is 0 Å². The van der Waals surface area contributed by atoms with Crippen molar-refractivity contribution < 1.29 is 24.9 Å². The van der Waals surface area contributed by atoms with Crippen LogP contribution in [0.3, 0.4) is 0 Å². The monoisotopic (exact) mass is 330 g/mol. The molecule has 1 unspecified atom stereocenters. The van der Waals surface area contributed by atoms with Crippen molar-refractivity contribution in [3.05, 3.63) is 0 Å². The predicted molar refractivity (Wildman–Crippen MR) is 90.5 cm³/mol. The van der Waals surface area contributed by atoms with Crippen molar-refractivity contribution in [2.75, 3.05) is 6.61 Å². The molecule has 0 heterocycles. The highest BCUT2D eigenvalue weighted by atomic mass is 16.4. The van der Waals surface area contributed by atoms with E-state index in [-0.39, 0.29) is 18.9 Å². The van der Waals surface area contributed by atoms with Crippen molar-refractivity contribution >= 4 is 11.9 Å². The molecule has 5 nitrogen and oxygen atoms in total. The van der Waals surface area contributed by atoms with Crippen LogP contribution in [0, 0.1) is 5.92 Å². The second kappa shape index (κ2) is 15.8. The molecule has 3 N–H and O–H groups in total. The van der Waals surface area contributed by atoms with Gasteiger partial charge in [-0.15, -0.1) is 0 Å². The van der Waals surface area contributed by atoms with E-state index in [4.69, 9.17) is 10.2 Å². The van der Waals surface area contributed by atoms with E-state index in [1.807, 2.05) is 0 Å². The lowest BCUT2D eigenvalue weighted by Crippen LogP contribution is -2.13. The molecule has 0 aliphatic carbocycles. The Bertz CT molecular complexity index is 304. The number of carbonyl (C=O) groups is 2. The summed E-state index contributed by atoms with van der Waals surface area (Å²) in [6.07, 6.45) is 12.5. The molecule has 0 bridgehead atoms. The van der Waals surface area contributed by atoms with Gasteiger partial charge < -0.3 is 15.3 Å². The van der Waals surface area contributed by atoms with Gasteiger partial charge in [0.05, 0.1) is 5.92 Å². The van der Waals surface area contributed by atoms with Gasteiger partial charge in [0, 0.05) is 13.0 Å². The van der Waals surface area contributed by atoms with Gasteiger partial charge in [-0.1, -0.05) is 57.8 Å². The third-order valence-corrected chi connectivity index (χ3v) is 4.25. The van der Waals surface area contributed by atoms with Crippen molar-refractivity contribution in [2.45, 2.75) is 89.9 Å². The summed E-state index contributed by atoms with van der Waals surface area (Å²) in [4.78, 5) is 21.6. The summed E-state index contributed by atoms with van der Waals surface area (Å²) >= 11 is 0. The average molecular weight is 330 g/mol. The first kappa shape index (κ1) is 21.9.